The fraction of sp³-hybridized carbons (Fsp3) is 0. The number of thiophene rings is 1. The molecule has 0 aliphatic heterocycles. The van der Waals surface area contributed by atoms with Gasteiger partial charge in [0, 0.05) is 17.1 Å². The Balaban J connectivity index is 2.28. The molecule has 1 nitrogen and oxygen atoms in total. The van der Waals surface area contributed by atoms with E-state index in [0.29, 0.717) is 0 Å². The molecule has 0 atom stereocenters. The molecule has 2 heterocycles. The van der Waals surface area contributed by atoms with Crippen LogP contribution >= 0.6 is 11.3 Å². The van der Waals surface area contributed by atoms with Crippen LogP contribution in [0.4, 0.5) is 0 Å². The highest BCUT2D eigenvalue weighted by atomic mass is 32.1. The van der Waals surface area contributed by atoms with Crippen LogP contribution in [0.1, 0.15) is 0 Å². The fourth-order valence-corrected chi connectivity index (χ4v) is 2.61. The summed E-state index contributed by atoms with van der Waals surface area (Å²) in [7, 11) is 0. The molecule has 0 radical (unpaired) electrons. The van der Waals surface area contributed by atoms with Crippen molar-refractivity contribution in [2.75, 3.05) is 0 Å². The zero-order valence-corrected chi connectivity index (χ0v) is 8.34. The van der Waals surface area contributed by atoms with E-state index in [2.05, 4.69) is 40.7 Å². The Morgan fingerprint density at radius 1 is 1.00 bits per heavy atom. The zero-order chi connectivity index (χ0) is 9.38. The van der Waals surface area contributed by atoms with Gasteiger partial charge in [0.15, 0.2) is 0 Å². The lowest BCUT2D eigenvalue weighted by Gasteiger charge is -1.96. The normalized spacial score (nSPS) is 10.9. The summed E-state index contributed by atoms with van der Waals surface area (Å²) in [5.41, 5.74) is 3.83. The minimum Gasteiger partial charge on any atom is -0.360 e. The van der Waals surface area contributed by atoms with Gasteiger partial charge in [-0.2, -0.15) is 0 Å². The number of rotatable bonds is 1. The van der Waals surface area contributed by atoms with Crippen molar-refractivity contribution in [2.45, 2.75) is 0 Å². The summed E-state index contributed by atoms with van der Waals surface area (Å²) in [6.07, 6.45) is 1.99. The molecule has 0 amide bonds. The quantitative estimate of drug-likeness (QED) is 0.612. The van der Waals surface area contributed by atoms with Crippen molar-refractivity contribution in [1.29, 1.82) is 0 Å². The number of aromatic nitrogens is 1. The molecule has 68 valence electrons. The molecule has 0 saturated heterocycles. The Morgan fingerprint density at radius 2 is 1.86 bits per heavy atom. The molecule has 3 aromatic rings. The van der Waals surface area contributed by atoms with Crippen LogP contribution in [0.5, 0.6) is 0 Å². The van der Waals surface area contributed by atoms with Gasteiger partial charge < -0.3 is 4.98 Å². The van der Waals surface area contributed by atoms with E-state index in [1.54, 1.807) is 11.3 Å². The van der Waals surface area contributed by atoms with Gasteiger partial charge >= 0.3 is 0 Å². The summed E-state index contributed by atoms with van der Waals surface area (Å²) in [5.74, 6) is 0. The van der Waals surface area contributed by atoms with Crippen LogP contribution in [0.15, 0.2) is 48.0 Å². The largest absolute Gasteiger partial charge is 0.360 e. The highest BCUT2D eigenvalue weighted by Gasteiger charge is 2.05. The molecule has 0 aliphatic carbocycles. The van der Waals surface area contributed by atoms with E-state index >= 15 is 0 Å². The Kier molecular flexibility index (Phi) is 1.67. The van der Waals surface area contributed by atoms with Crippen LogP contribution < -0.4 is 0 Å². The van der Waals surface area contributed by atoms with Crippen LogP contribution in [0, 0.1) is 0 Å². The van der Waals surface area contributed by atoms with Gasteiger partial charge in [-0.05, 0) is 11.6 Å². The molecule has 2 heteroatoms. The lowest BCUT2D eigenvalue weighted by atomic mass is 10.1. The summed E-state index contributed by atoms with van der Waals surface area (Å²) in [4.78, 5) is 3.28. The zero-order valence-electron chi connectivity index (χ0n) is 7.53. The SMILES string of the molecule is c1ccc(-c2csc3cc[nH]c23)cc1. The van der Waals surface area contributed by atoms with Crippen LogP contribution in [0.25, 0.3) is 21.3 Å². The van der Waals surface area contributed by atoms with E-state index in [4.69, 9.17) is 0 Å². The lowest BCUT2D eigenvalue weighted by Crippen LogP contribution is -1.73. The first-order chi connectivity index (χ1) is 6.95. The third kappa shape index (κ3) is 1.08. The molecule has 0 bridgehead atoms. The second-order valence-corrected chi connectivity index (χ2v) is 4.14. The predicted octanol–water partition coefficient (Wildman–Crippen LogP) is 3.90. The van der Waals surface area contributed by atoms with Gasteiger partial charge in [-0.3, -0.25) is 0 Å². The van der Waals surface area contributed by atoms with E-state index < -0.39 is 0 Å². The molecular weight excluding hydrogens is 190 g/mol. The minimum atomic E-state index is 1.25. The number of hydrogen-bond donors (Lipinski definition) is 1. The van der Waals surface area contributed by atoms with E-state index in [9.17, 15) is 0 Å². The summed E-state index contributed by atoms with van der Waals surface area (Å²) in [6, 6.07) is 12.6. The van der Waals surface area contributed by atoms with Gasteiger partial charge in [0.05, 0.1) is 10.2 Å². The van der Waals surface area contributed by atoms with Gasteiger partial charge in [0.1, 0.15) is 0 Å². The maximum absolute atomic E-state index is 3.28. The molecular formula is C12H9NS. The molecule has 2 aromatic heterocycles. The van der Waals surface area contributed by atoms with Gasteiger partial charge in [-0.1, -0.05) is 30.3 Å². The van der Waals surface area contributed by atoms with Gasteiger partial charge in [0.2, 0.25) is 0 Å². The second-order valence-electron chi connectivity index (χ2n) is 3.23. The minimum absolute atomic E-state index is 1.25. The van der Waals surface area contributed by atoms with Crippen molar-refractivity contribution in [3.8, 4) is 11.1 Å². The third-order valence-corrected chi connectivity index (χ3v) is 3.31. The fourth-order valence-electron chi connectivity index (χ4n) is 1.68. The standard InChI is InChI=1S/C12H9NS/c1-2-4-9(5-3-1)10-8-14-11-6-7-13-12(10)11/h1-8,13H. The van der Waals surface area contributed by atoms with Crippen LogP contribution in [-0.4, -0.2) is 4.98 Å². The van der Waals surface area contributed by atoms with Crippen LogP contribution in [0.2, 0.25) is 0 Å². The average Bonchev–Trinajstić information content (AvgIpc) is 2.79. The third-order valence-electron chi connectivity index (χ3n) is 2.37. The molecule has 0 fully saturated rings. The molecule has 0 spiro atoms. The first kappa shape index (κ1) is 7.83. The van der Waals surface area contributed by atoms with Crippen molar-refractivity contribution < 1.29 is 0 Å². The molecule has 0 unspecified atom stereocenters. The van der Waals surface area contributed by atoms with Gasteiger partial charge in [-0.25, -0.2) is 0 Å². The maximum atomic E-state index is 3.28. The number of fused-ring (bicyclic) bond motifs is 1. The topological polar surface area (TPSA) is 15.8 Å². The first-order valence-electron chi connectivity index (χ1n) is 4.55. The Bertz CT molecular complexity index is 548. The van der Waals surface area contributed by atoms with E-state index in [1.807, 2.05) is 12.3 Å². The average molecular weight is 199 g/mol. The highest BCUT2D eigenvalue weighted by molar-refractivity contribution is 7.17. The second kappa shape index (κ2) is 3.00. The van der Waals surface area contributed by atoms with E-state index in [1.165, 1.54) is 21.3 Å². The maximum Gasteiger partial charge on any atom is 0.0643 e. The number of hydrogen-bond acceptors (Lipinski definition) is 1. The smallest absolute Gasteiger partial charge is 0.0643 e. The van der Waals surface area contributed by atoms with Crippen LogP contribution in [-0.2, 0) is 0 Å². The van der Waals surface area contributed by atoms with Crippen molar-refractivity contribution in [2.24, 2.45) is 0 Å². The van der Waals surface area contributed by atoms with Gasteiger partial charge in [-0.15, -0.1) is 11.3 Å². The first-order valence-corrected chi connectivity index (χ1v) is 5.43. The Labute approximate surface area is 86.0 Å². The summed E-state index contributed by atoms with van der Waals surface area (Å²) in [6.45, 7) is 0. The van der Waals surface area contributed by atoms with Crippen molar-refractivity contribution in [3.63, 3.8) is 0 Å². The van der Waals surface area contributed by atoms with E-state index in [0.717, 1.165) is 0 Å². The number of nitrogens with one attached hydrogen (secondary N) is 1. The monoisotopic (exact) mass is 199 g/mol. The molecule has 1 aromatic carbocycles. The van der Waals surface area contributed by atoms with E-state index in [-0.39, 0.29) is 0 Å². The predicted molar refractivity (Wildman–Crippen MR) is 61.6 cm³/mol. The van der Waals surface area contributed by atoms with Crippen molar-refractivity contribution >= 4 is 21.6 Å². The van der Waals surface area contributed by atoms with Crippen molar-refractivity contribution in [3.05, 3.63) is 48.0 Å². The molecule has 1 N–H and O–H groups in total. The molecule has 3 rings (SSSR count). The Morgan fingerprint density at radius 3 is 2.71 bits per heavy atom. The Hall–Kier alpha value is -1.54. The summed E-state index contributed by atoms with van der Waals surface area (Å²) in [5, 5.41) is 2.20. The van der Waals surface area contributed by atoms with Crippen LogP contribution in [0.3, 0.4) is 0 Å². The van der Waals surface area contributed by atoms with Gasteiger partial charge in [0.25, 0.3) is 0 Å². The molecule has 0 saturated carbocycles. The number of H-pyrrole nitrogens is 1. The number of aromatic amines is 1. The number of benzene rings is 1. The molecule has 14 heavy (non-hydrogen) atoms. The summed E-state index contributed by atoms with van der Waals surface area (Å²) >= 11 is 1.78. The molecule has 0 aliphatic rings. The van der Waals surface area contributed by atoms with Crippen molar-refractivity contribution in [1.82, 2.24) is 4.98 Å². The highest BCUT2D eigenvalue weighted by Crippen LogP contribution is 2.32. The summed E-state index contributed by atoms with van der Waals surface area (Å²) < 4.78 is 1.32. The lowest BCUT2D eigenvalue weighted by molar-refractivity contribution is 1.48.